The molecule has 6 nitrogen and oxygen atoms in total. The molecule has 2 aliphatic rings. The molecule has 152 valence electrons. The first-order valence-corrected chi connectivity index (χ1v) is 11.0. The molecule has 3 rings (SSSR count). The molecular formula is C19H30ClN3O3S. The van der Waals surface area contributed by atoms with Gasteiger partial charge in [0.15, 0.2) is 0 Å². The number of nitrogens with zero attached hydrogens (tertiary/aromatic N) is 2. The summed E-state index contributed by atoms with van der Waals surface area (Å²) in [6.45, 7) is 3.75. The summed E-state index contributed by atoms with van der Waals surface area (Å²) in [7, 11) is -3.65. The summed E-state index contributed by atoms with van der Waals surface area (Å²) in [6.07, 6.45) is 4.05. The fraction of sp³-hybridized carbons (Fsp3) is 0.632. The number of rotatable bonds is 4. The Morgan fingerprint density at radius 3 is 2.30 bits per heavy atom. The van der Waals surface area contributed by atoms with Gasteiger partial charge in [0, 0.05) is 25.7 Å². The van der Waals surface area contributed by atoms with Crippen molar-refractivity contribution in [2.45, 2.75) is 56.0 Å². The maximum atomic E-state index is 13.1. The molecule has 1 aromatic carbocycles. The molecule has 0 radical (unpaired) electrons. The first-order valence-electron chi connectivity index (χ1n) is 9.52. The predicted octanol–water partition coefficient (Wildman–Crippen LogP) is 2.24. The van der Waals surface area contributed by atoms with Gasteiger partial charge in [0.1, 0.15) is 6.04 Å². The molecule has 0 saturated carbocycles. The molecule has 2 atom stereocenters. The number of halogens is 1. The lowest BCUT2D eigenvalue weighted by Crippen LogP contribution is -2.54. The molecule has 0 bridgehead atoms. The first-order chi connectivity index (χ1) is 12.4. The van der Waals surface area contributed by atoms with Crippen LogP contribution in [-0.2, 0) is 14.8 Å². The highest BCUT2D eigenvalue weighted by Gasteiger charge is 2.40. The Kier molecular flexibility index (Phi) is 7.68. The van der Waals surface area contributed by atoms with Gasteiger partial charge in [-0.1, -0.05) is 24.6 Å². The van der Waals surface area contributed by atoms with Crippen LogP contribution in [0.4, 0.5) is 0 Å². The summed E-state index contributed by atoms with van der Waals surface area (Å²) in [4.78, 5) is 15.2. The van der Waals surface area contributed by atoms with Gasteiger partial charge in [0.05, 0.1) is 4.90 Å². The molecule has 0 aromatic heterocycles. The SMILES string of the molecule is CC(N)C1CCN(C(=O)C2CCCCN2S(=O)(=O)c2ccccc2)CC1.Cl. The zero-order chi connectivity index (χ0) is 18.7. The van der Waals surface area contributed by atoms with E-state index in [9.17, 15) is 13.2 Å². The smallest absolute Gasteiger partial charge is 0.243 e. The van der Waals surface area contributed by atoms with Crippen LogP contribution in [0.2, 0.25) is 0 Å². The molecule has 2 N–H and O–H groups in total. The highest BCUT2D eigenvalue weighted by Crippen LogP contribution is 2.28. The molecular weight excluding hydrogens is 386 g/mol. The third kappa shape index (κ3) is 4.83. The number of carbonyl (C=O) groups is 1. The summed E-state index contributed by atoms with van der Waals surface area (Å²) in [5.41, 5.74) is 5.98. The largest absolute Gasteiger partial charge is 0.341 e. The van der Waals surface area contributed by atoms with Crippen LogP contribution in [0.1, 0.15) is 39.0 Å². The molecule has 27 heavy (non-hydrogen) atoms. The van der Waals surface area contributed by atoms with E-state index in [4.69, 9.17) is 5.73 Å². The monoisotopic (exact) mass is 415 g/mol. The van der Waals surface area contributed by atoms with Crippen molar-refractivity contribution < 1.29 is 13.2 Å². The Morgan fingerprint density at radius 2 is 1.70 bits per heavy atom. The van der Waals surface area contributed by atoms with Crippen LogP contribution in [0.3, 0.4) is 0 Å². The lowest BCUT2D eigenvalue weighted by Gasteiger charge is -2.39. The first kappa shape index (κ1) is 22.1. The third-order valence-electron chi connectivity index (χ3n) is 5.68. The Morgan fingerprint density at radius 1 is 1.07 bits per heavy atom. The summed E-state index contributed by atoms with van der Waals surface area (Å²) in [5.74, 6) is 0.391. The maximum absolute atomic E-state index is 13.1. The van der Waals surface area contributed by atoms with Crippen molar-refractivity contribution in [1.29, 1.82) is 0 Å². The van der Waals surface area contributed by atoms with Gasteiger partial charge in [0.25, 0.3) is 0 Å². The van der Waals surface area contributed by atoms with Crippen molar-refractivity contribution in [2.24, 2.45) is 11.7 Å². The van der Waals surface area contributed by atoms with Gasteiger partial charge >= 0.3 is 0 Å². The molecule has 2 saturated heterocycles. The predicted molar refractivity (Wildman–Crippen MR) is 108 cm³/mol. The van der Waals surface area contributed by atoms with Crippen molar-refractivity contribution in [3.05, 3.63) is 30.3 Å². The van der Waals surface area contributed by atoms with Gasteiger partial charge in [0.2, 0.25) is 15.9 Å². The average Bonchev–Trinajstić information content (AvgIpc) is 2.68. The lowest BCUT2D eigenvalue weighted by molar-refractivity contribution is -0.137. The normalized spacial score (nSPS) is 23.5. The Hall–Kier alpha value is -1.15. The fourth-order valence-electron chi connectivity index (χ4n) is 4.02. The molecule has 2 unspecified atom stereocenters. The van der Waals surface area contributed by atoms with Gasteiger partial charge < -0.3 is 10.6 Å². The van der Waals surface area contributed by atoms with Gasteiger partial charge in [-0.15, -0.1) is 12.4 Å². The van der Waals surface area contributed by atoms with Gasteiger partial charge in [-0.3, -0.25) is 4.79 Å². The van der Waals surface area contributed by atoms with Crippen LogP contribution in [0.25, 0.3) is 0 Å². The summed E-state index contributed by atoms with van der Waals surface area (Å²) >= 11 is 0. The third-order valence-corrected chi connectivity index (χ3v) is 7.61. The number of sulfonamides is 1. The average molecular weight is 416 g/mol. The van der Waals surface area contributed by atoms with Crippen LogP contribution in [0.5, 0.6) is 0 Å². The Balaban J connectivity index is 0.00000261. The van der Waals surface area contributed by atoms with E-state index in [0.29, 0.717) is 32.0 Å². The summed E-state index contributed by atoms with van der Waals surface area (Å²) in [5, 5.41) is 0. The fourth-order valence-corrected chi connectivity index (χ4v) is 5.70. The molecule has 1 amide bonds. The highest BCUT2D eigenvalue weighted by atomic mass is 35.5. The number of benzene rings is 1. The molecule has 0 aliphatic carbocycles. The van der Waals surface area contributed by atoms with Crippen molar-refractivity contribution in [1.82, 2.24) is 9.21 Å². The van der Waals surface area contributed by atoms with Crippen molar-refractivity contribution >= 4 is 28.3 Å². The lowest BCUT2D eigenvalue weighted by atomic mass is 9.90. The highest BCUT2D eigenvalue weighted by molar-refractivity contribution is 7.89. The Bertz CT molecular complexity index is 719. The molecule has 8 heteroatoms. The van der Waals surface area contributed by atoms with E-state index in [1.54, 1.807) is 30.3 Å². The van der Waals surface area contributed by atoms with Crippen LogP contribution in [-0.4, -0.2) is 55.2 Å². The van der Waals surface area contributed by atoms with Crippen molar-refractivity contribution in [2.75, 3.05) is 19.6 Å². The molecule has 2 heterocycles. The molecule has 0 spiro atoms. The van der Waals surface area contributed by atoms with Gasteiger partial charge in [-0.25, -0.2) is 8.42 Å². The van der Waals surface area contributed by atoms with Crippen molar-refractivity contribution in [3.63, 3.8) is 0 Å². The van der Waals surface area contributed by atoms with E-state index < -0.39 is 16.1 Å². The standard InChI is InChI=1S/C19H29N3O3S.ClH/c1-15(20)16-10-13-21(14-11-16)19(23)18-9-5-6-12-22(18)26(24,25)17-7-3-2-4-8-17;/h2-4,7-8,15-16,18H,5-6,9-14,20H2,1H3;1H. The minimum absolute atomic E-state index is 0. The van der Waals surface area contributed by atoms with E-state index in [2.05, 4.69) is 0 Å². The van der Waals surface area contributed by atoms with Crippen LogP contribution >= 0.6 is 12.4 Å². The number of hydrogen-bond donors (Lipinski definition) is 1. The minimum Gasteiger partial charge on any atom is -0.341 e. The van der Waals surface area contributed by atoms with E-state index in [-0.39, 0.29) is 29.3 Å². The van der Waals surface area contributed by atoms with E-state index in [1.165, 1.54) is 4.31 Å². The molecule has 1 aromatic rings. The van der Waals surface area contributed by atoms with Crippen molar-refractivity contribution in [3.8, 4) is 0 Å². The second-order valence-corrected chi connectivity index (χ2v) is 9.35. The topological polar surface area (TPSA) is 83.7 Å². The summed E-state index contributed by atoms with van der Waals surface area (Å²) in [6, 6.07) is 7.97. The number of likely N-dealkylation sites (tertiary alicyclic amines) is 1. The quantitative estimate of drug-likeness (QED) is 0.817. The summed E-state index contributed by atoms with van der Waals surface area (Å²) < 4.78 is 27.6. The van der Waals surface area contributed by atoms with Crippen LogP contribution < -0.4 is 5.73 Å². The second-order valence-electron chi connectivity index (χ2n) is 7.46. The number of carbonyl (C=O) groups excluding carboxylic acids is 1. The Labute approximate surface area is 168 Å². The van der Waals surface area contributed by atoms with E-state index in [0.717, 1.165) is 25.7 Å². The van der Waals surface area contributed by atoms with E-state index >= 15 is 0 Å². The van der Waals surface area contributed by atoms with Crippen LogP contribution in [0.15, 0.2) is 35.2 Å². The zero-order valence-electron chi connectivity index (χ0n) is 15.8. The second kappa shape index (κ2) is 9.37. The molecule has 2 aliphatic heterocycles. The zero-order valence-corrected chi connectivity index (χ0v) is 17.4. The number of hydrogen-bond acceptors (Lipinski definition) is 4. The number of nitrogens with two attached hydrogens (primary N) is 1. The number of piperidine rings is 2. The van der Waals surface area contributed by atoms with Crippen LogP contribution in [0, 0.1) is 5.92 Å². The van der Waals surface area contributed by atoms with E-state index in [1.807, 2.05) is 11.8 Å². The van der Waals surface area contributed by atoms with Gasteiger partial charge in [-0.2, -0.15) is 4.31 Å². The maximum Gasteiger partial charge on any atom is 0.243 e. The molecule has 2 fully saturated rings. The van der Waals surface area contributed by atoms with Gasteiger partial charge in [-0.05, 0) is 50.7 Å². The number of amides is 1. The minimum atomic E-state index is -3.65.